The van der Waals surface area contributed by atoms with Crippen LogP contribution < -0.4 is 10.9 Å². The summed E-state index contributed by atoms with van der Waals surface area (Å²) in [6.45, 7) is 5.29. The normalized spacial score (nSPS) is 18.0. The summed E-state index contributed by atoms with van der Waals surface area (Å²) in [5.74, 6) is -2.04. The van der Waals surface area contributed by atoms with Crippen LogP contribution in [0.4, 0.5) is 26.3 Å². The Balaban J connectivity index is 0.000000333. The van der Waals surface area contributed by atoms with E-state index in [1.807, 2.05) is 11.8 Å². The Morgan fingerprint density at radius 1 is 1.00 bits per heavy atom. The highest BCUT2D eigenvalue weighted by molar-refractivity contribution is 7.99. The average Bonchev–Trinajstić information content (AvgIpc) is 2.89. The third-order valence-electron chi connectivity index (χ3n) is 5.70. The number of halogens is 6. The van der Waals surface area contributed by atoms with Crippen LogP contribution in [-0.2, 0) is 16.1 Å². The molecule has 0 saturated carbocycles. The molecule has 9 nitrogen and oxygen atoms in total. The first-order valence-electron chi connectivity index (χ1n) is 12.0. The number of H-pyrrole nitrogens is 1. The lowest BCUT2D eigenvalue weighted by molar-refractivity contribution is -0.193. The van der Waals surface area contributed by atoms with Gasteiger partial charge in [0.1, 0.15) is 5.82 Å². The fourth-order valence-corrected chi connectivity index (χ4v) is 4.69. The minimum absolute atomic E-state index is 0.0644. The van der Waals surface area contributed by atoms with Crippen LogP contribution in [0.25, 0.3) is 11.4 Å². The van der Waals surface area contributed by atoms with E-state index in [0.717, 1.165) is 43.7 Å². The van der Waals surface area contributed by atoms with Gasteiger partial charge in [-0.25, -0.2) is 14.6 Å². The van der Waals surface area contributed by atoms with Crippen LogP contribution in [0.5, 0.6) is 0 Å². The minimum atomic E-state index is -5.08. The maximum Gasteiger partial charge on any atom is 0.490 e. The summed E-state index contributed by atoms with van der Waals surface area (Å²) < 4.78 is 63.5. The number of rotatable bonds is 4. The first-order chi connectivity index (χ1) is 18.7. The van der Waals surface area contributed by atoms with Gasteiger partial charge < -0.3 is 20.5 Å². The number of carbonyl (C=O) groups is 2. The van der Waals surface area contributed by atoms with Crippen LogP contribution in [0.1, 0.15) is 30.0 Å². The molecule has 40 heavy (non-hydrogen) atoms. The highest BCUT2D eigenvalue weighted by Gasteiger charge is 2.38. The lowest BCUT2D eigenvalue weighted by Crippen LogP contribution is -2.31. The van der Waals surface area contributed by atoms with Crippen molar-refractivity contribution in [2.24, 2.45) is 0 Å². The Morgan fingerprint density at radius 3 is 2.02 bits per heavy atom. The van der Waals surface area contributed by atoms with E-state index in [9.17, 15) is 31.1 Å². The number of aliphatic carboxylic acids is 2. The van der Waals surface area contributed by atoms with Crippen LogP contribution >= 0.6 is 11.8 Å². The Morgan fingerprint density at radius 2 is 1.55 bits per heavy atom. The molecule has 1 aromatic carbocycles. The van der Waals surface area contributed by atoms with Crippen molar-refractivity contribution in [3.63, 3.8) is 0 Å². The Kier molecular flexibility index (Phi) is 12.4. The molecule has 2 aliphatic rings. The van der Waals surface area contributed by atoms with Crippen molar-refractivity contribution in [1.82, 2.24) is 20.2 Å². The van der Waals surface area contributed by atoms with Crippen LogP contribution in [-0.4, -0.2) is 87.1 Å². The van der Waals surface area contributed by atoms with Crippen molar-refractivity contribution in [2.45, 2.75) is 37.7 Å². The van der Waals surface area contributed by atoms with Gasteiger partial charge in [0.05, 0.1) is 5.69 Å². The van der Waals surface area contributed by atoms with Crippen molar-refractivity contribution in [3.8, 4) is 11.4 Å². The fraction of sp³-hybridized carbons (Fsp3) is 0.500. The molecule has 0 aliphatic carbocycles. The number of nitrogens with zero attached hydrogens (tertiary/aromatic N) is 2. The van der Waals surface area contributed by atoms with Gasteiger partial charge in [-0.2, -0.15) is 38.1 Å². The van der Waals surface area contributed by atoms with Crippen LogP contribution in [0.2, 0.25) is 0 Å². The molecule has 2 fully saturated rings. The summed E-state index contributed by atoms with van der Waals surface area (Å²) in [7, 11) is 0. The quantitative estimate of drug-likeness (QED) is 0.389. The van der Waals surface area contributed by atoms with Crippen molar-refractivity contribution in [2.75, 3.05) is 37.7 Å². The van der Waals surface area contributed by atoms with Gasteiger partial charge in [-0.1, -0.05) is 24.3 Å². The van der Waals surface area contributed by atoms with E-state index in [4.69, 9.17) is 24.8 Å². The molecule has 16 heteroatoms. The number of piperidine rings is 1. The third-order valence-corrected chi connectivity index (χ3v) is 6.64. The topological polar surface area (TPSA) is 136 Å². The number of thioether (sulfide) groups is 1. The van der Waals surface area contributed by atoms with E-state index in [-0.39, 0.29) is 5.56 Å². The maximum atomic E-state index is 12.1. The number of carboxylic acids is 2. The first kappa shape index (κ1) is 33.1. The second kappa shape index (κ2) is 15.0. The minimum Gasteiger partial charge on any atom is -0.475 e. The Labute approximate surface area is 229 Å². The van der Waals surface area contributed by atoms with E-state index >= 15 is 0 Å². The van der Waals surface area contributed by atoms with E-state index in [1.165, 1.54) is 30.2 Å². The molecule has 4 N–H and O–H groups in total. The van der Waals surface area contributed by atoms with E-state index in [2.05, 4.69) is 39.5 Å². The summed E-state index contributed by atoms with van der Waals surface area (Å²) in [5, 5.41) is 17.6. The number of hydrogen-bond acceptors (Lipinski definition) is 7. The van der Waals surface area contributed by atoms with Gasteiger partial charge in [0.25, 0.3) is 5.56 Å². The largest absolute Gasteiger partial charge is 0.490 e. The van der Waals surface area contributed by atoms with Gasteiger partial charge in [-0.3, -0.25) is 9.69 Å². The molecule has 2 saturated heterocycles. The van der Waals surface area contributed by atoms with Gasteiger partial charge in [-0.15, -0.1) is 0 Å². The van der Waals surface area contributed by atoms with Gasteiger partial charge >= 0.3 is 24.3 Å². The Hall–Kier alpha value is -3.11. The molecule has 3 heterocycles. The molecule has 2 aromatic rings. The van der Waals surface area contributed by atoms with Gasteiger partial charge in [0.15, 0.2) is 0 Å². The van der Waals surface area contributed by atoms with Gasteiger partial charge in [0, 0.05) is 55.2 Å². The van der Waals surface area contributed by atoms with Gasteiger partial charge in [-0.05, 0) is 24.9 Å². The fourth-order valence-electron chi connectivity index (χ4n) is 3.71. The molecular weight excluding hydrogens is 570 g/mol. The number of nitrogens with one attached hydrogen (secondary N) is 2. The summed E-state index contributed by atoms with van der Waals surface area (Å²) >= 11 is 2.04. The molecule has 1 aromatic heterocycles. The van der Waals surface area contributed by atoms with Crippen molar-refractivity contribution < 1.29 is 46.1 Å². The molecule has 1 atom stereocenters. The summed E-state index contributed by atoms with van der Waals surface area (Å²) in [5.41, 5.74) is 3.14. The zero-order valence-electron chi connectivity index (χ0n) is 21.0. The number of alkyl halides is 6. The van der Waals surface area contributed by atoms with Crippen molar-refractivity contribution >= 4 is 23.7 Å². The van der Waals surface area contributed by atoms with E-state index in [1.54, 1.807) is 6.07 Å². The number of carboxylic acid groups (broad SMARTS) is 2. The zero-order valence-corrected chi connectivity index (χ0v) is 21.8. The van der Waals surface area contributed by atoms with Crippen LogP contribution in [0.3, 0.4) is 0 Å². The van der Waals surface area contributed by atoms with Crippen molar-refractivity contribution in [1.29, 1.82) is 0 Å². The monoisotopic (exact) mass is 598 g/mol. The zero-order chi connectivity index (χ0) is 29.9. The van der Waals surface area contributed by atoms with Crippen LogP contribution in [0.15, 0.2) is 35.1 Å². The second-order valence-corrected chi connectivity index (χ2v) is 9.98. The molecular formula is C24H28F6N4O5S. The molecule has 2 aliphatic heterocycles. The first-order valence-corrected chi connectivity index (χ1v) is 13.1. The molecule has 222 valence electrons. The third kappa shape index (κ3) is 11.6. The second-order valence-electron chi connectivity index (χ2n) is 8.75. The summed E-state index contributed by atoms with van der Waals surface area (Å²) in [6.07, 6.45) is -7.94. The molecule has 0 bridgehead atoms. The van der Waals surface area contributed by atoms with Crippen molar-refractivity contribution in [3.05, 3.63) is 51.9 Å². The lowest BCUT2D eigenvalue weighted by atomic mass is 9.96. The van der Waals surface area contributed by atoms with E-state index in [0.29, 0.717) is 11.7 Å². The predicted molar refractivity (Wildman–Crippen MR) is 135 cm³/mol. The predicted octanol–water partition coefficient (Wildman–Crippen LogP) is 3.72. The number of benzene rings is 1. The van der Waals surface area contributed by atoms with E-state index < -0.39 is 24.3 Å². The van der Waals surface area contributed by atoms with Crippen LogP contribution in [0, 0.1) is 0 Å². The highest BCUT2D eigenvalue weighted by atomic mass is 32.2. The SMILES string of the molecule is O=C(O)C(F)(F)F.O=C(O)C(F)(F)F.O=c1cc(C2CCCNC2)nc(-c2ccc(CN3CCSCC3)cc2)[nH]1. The molecule has 0 spiro atoms. The molecule has 0 amide bonds. The standard InChI is InChI=1S/C20H26N4OS.2C2HF3O2/c25-19-12-18(17-2-1-7-21-13-17)22-20(23-19)16-5-3-15(4-6-16)14-24-8-10-26-11-9-24;2*3-2(4,5)1(6)7/h3-6,12,17,21H,1-2,7-11,13-14H2,(H,22,23,25);2*(H,6,7). The molecule has 0 radical (unpaired) electrons. The average molecular weight is 599 g/mol. The highest BCUT2D eigenvalue weighted by Crippen LogP contribution is 2.23. The lowest BCUT2D eigenvalue weighted by Gasteiger charge is -2.26. The smallest absolute Gasteiger partial charge is 0.475 e. The number of aromatic amines is 1. The maximum absolute atomic E-state index is 12.1. The molecule has 4 rings (SSSR count). The molecule has 1 unspecified atom stereocenters. The summed E-state index contributed by atoms with van der Waals surface area (Å²) in [4.78, 5) is 40.1. The number of hydrogen-bond donors (Lipinski definition) is 4. The van der Waals surface area contributed by atoms with Gasteiger partial charge in [0.2, 0.25) is 0 Å². The number of aromatic nitrogens is 2. The summed E-state index contributed by atoms with van der Waals surface area (Å²) in [6, 6.07) is 10.1. The Bertz CT molecular complexity index is 1140.